The van der Waals surface area contributed by atoms with E-state index in [-0.39, 0.29) is 34.7 Å². The molecule has 2 unspecified atom stereocenters. The number of rotatable bonds is 5. The van der Waals surface area contributed by atoms with E-state index in [0.29, 0.717) is 0 Å². The Hall–Kier alpha value is -1.85. The highest BCUT2D eigenvalue weighted by Gasteiger charge is 2.28. The molecule has 2 rings (SSSR count). The lowest BCUT2D eigenvalue weighted by molar-refractivity contribution is 0.157. The smallest absolute Gasteiger partial charge is 0.356 e. The molecule has 0 aliphatic carbocycles. The van der Waals surface area contributed by atoms with Gasteiger partial charge in [0, 0.05) is 5.56 Å². The van der Waals surface area contributed by atoms with E-state index in [1.54, 1.807) is 12.1 Å². The molecule has 0 saturated heterocycles. The largest absolute Gasteiger partial charge is 0.508 e. The molecule has 0 aliphatic rings. The fourth-order valence-corrected chi connectivity index (χ4v) is 3.39. The highest BCUT2D eigenvalue weighted by atomic mass is 31.2. The van der Waals surface area contributed by atoms with Crippen molar-refractivity contribution >= 4 is 12.9 Å². The summed E-state index contributed by atoms with van der Waals surface area (Å²) in [5.74, 6) is -0.364. The van der Waals surface area contributed by atoms with Crippen molar-refractivity contribution in [2.24, 2.45) is 0 Å². The number of phenolic OH excluding ortho intramolecular Hbond substituents is 2. The van der Waals surface area contributed by atoms with Crippen molar-refractivity contribution < 1.29 is 29.7 Å². The van der Waals surface area contributed by atoms with E-state index in [1.165, 1.54) is 30.3 Å². The molecule has 2 atom stereocenters. The summed E-state index contributed by atoms with van der Waals surface area (Å²) in [6.07, 6.45) is -1.07. The van der Waals surface area contributed by atoms with E-state index in [9.17, 15) is 29.7 Å². The van der Waals surface area contributed by atoms with Gasteiger partial charge in [0.05, 0.1) is 11.4 Å². The van der Waals surface area contributed by atoms with Crippen molar-refractivity contribution in [3.63, 3.8) is 0 Å². The third kappa shape index (κ3) is 4.12. The average molecular weight is 338 g/mol. The fraction of sp³-hybridized carbons (Fsp3) is 0.250. The maximum Gasteiger partial charge on any atom is 0.356 e. The monoisotopic (exact) mass is 338 g/mol. The van der Waals surface area contributed by atoms with Crippen molar-refractivity contribution in [2.45, 2.75) is 25.4 Å². The molecule has 0 spiro atoms. The van der Waals surface area contributed by atoms with Crippen LogP contribution >= 0.6 is 7.60 Å². The summed E-state index contributed by atoms with van der Waals surface area (Å²) in [4.78, 5) is 18.8. The zero-order valence-electron chi connectivity index (χ0n) is 12.5. The Morgan fingerprint density at radius 2 is 1.65 bits per heavy atom. The molecule has 2 aromatic rings. The summed E-state index contributed by atoms with van der Waals surface area (Å²) in [6.45, 7) is 1.84. The van der Waals surface area contributed by atoms with Gasteiger partial charge in [-0.25, -0.2) is 0 Å². The third-order valence-electron chi connectivity index (χ3n) is 3.75. The summed E-state index contributed by atoms with van der Waals surface area (Å²) < 4.78 is 11.5. The third-order valence-corrected chi connectivity index (χ3v) is 4.76. The van der Waals surface area contributed by atoms with Gasteiger partial charge >= 0.3 is 7.60 Å². The minimum absolute atomic E-state index is 0.131. The fourth-order valence-electron chi connectivity index (χ4n) is 2.53. The van der Waals surface area contributed by atoms with Crippen LogP contribution in [0, 0.1) is 0 Å². The predicted octanol–water partition coefficient (Wildman–Crippen LogP) is 2.13. The van der Waals surface area contributed by atoms with Crippen LogP contribution in [-0.4, -0.2) is 25.1 Å². The van der Waals surface area contributed by atoms with E-state index in [1.807, 2.05) is 6.92 Å². The first-order valence-corrected chi connectivity index (χ1v) is 8.66. The maximum absolute atomic E-state index is 11.5. The van der Waals surface area contributed by atoms with Crippen molar-refractivity contribution in [1.82, 2.24) is 0 Å². The summed E-state index contributed by atoms with van der Waals surface area (Å²) >= 11 is 0. The Labute approximate surface area is 133 Å². The molecule has 0 amide bonds. The first-order valence-electron chi connectivity index (χ1n) is 7.05. The molecule has 0 radical (unpaired) electrons. The van der Waals surface area contributed by atoms with Crippen molar-refractivity contribution in [2.75, 3.05) is 0 Å². The zero-order valence-corrected chi connectivity index (χ0v) is 13.4. The molecule has 0 saturated carbocycles. The van der Waals surface area contributed by atoms with Crippen LogP contribution in [0.15, 0.2) is 42.5 Å². The number of aromatic hydroxyl groups is 2. The van der Waals surface area contributed by atoms with Gasteiger partial charge in [-0.1, -0.05) is 25.1 Å². The Morgan fingerprint density at radius 1 is 1.04 bits per heavy atom. The van der Waals surface area contributed by atoms with Crippen LogP contribution in [0.3, 0.4) is 0 Å². The summed E-state index contributed by atoms with van der Waals surface area (Å²) in [5, 5.41) is 29.2. The molecular formula is C16H19O6P. The van der Waals surface area contributed by atoms with Crippen LogP contribution in [0.1, 0.15) is 36.5 Å². The number of hydrogen-bond donors (Lipinski definition) is 5. The van der Waals surface area contributed by atoms with Crippen molar-refractivity contribution in [1.29, 1.82) is 0 Å². The molecule has 124 valence electrons. The topological polar surface area (TPSA) is 118 Å². The quantitative estimate of drug-likeness (QED) is 0.533. The lowest BCUT2D eigenvalue weighted by Gasteiger charge is -2.21. The molecule has 6 nitrogen and oxygen atoms in total. The zero-order chi connectivity index (χ0) is 17.2. The van der Waals surface area contributed by atoms with Gasteiger partial charge in [-0.05, 0) is 42.2 Å². The van der Waals surface area contributed by atoms with Crippen LogP contribution in [-0.2, 0) is 4.57 Å². The van der Waals surface area contributed by atoms with Gasteiger partial charge in [0.2, 0.25) is 0 Å². The molecule has 0 fully saturated rings. The van der Waals surface area contributed by atoms with Gasteiger partial charge in [0.1, 0.15) is 11.5 Å². The minimum Gasteiger partial charge on any atom is -0.508 e. The molecule has 7 heteroatoms. The Balaban J connectivity index is 2.29. The molecule has 0 heterocycles. The molecule has 5 N–H and O–H groups in total. The van der Waals surface area contributed by atoms with Crippen LogP contribution in [0.5, 0.6) is 11.5 Å². The van der Waals surface area contributed by atoms with E-state index in [2.05, 4.69) is 0 Å². The summed E-state index contributed by atoms with van der Waals surface area (Å²) in [6, 6.07) is 10.3. The van der Waals surface area contributed by atoms with Crippen LogP contribution in [0.25, 0.3) is 0 Å². The number of aliphatic hydroxyl groups excluding tert-OH is 1. The Morgan fingerprint density at radius 3 is 2.22 bits per heavy atom. The Bertz CT molecular complexity index is 722. The average Bonchev–Trinajstić information content (AvgIpc) is 2.46. The van der Waals surface area contributed by atoms with Crippen molar-refractivity contribution in [3.05, 3.63) is 53.6 Å². The van der Waals surface area contributed by atoms with Gasteiger partial charge in [0.25, 0.3) is 0 Å². The SMILES string of the molecule is CC(CC(O)c1c(O)cccc1P(=O)(O)O)c1ccc(O)cc1. The van der Waals surface area contributed by atoms with Crippen LogP contribution in [0.2, 0.25) is 0 Å². The molecule has 23 heavy (non-hydrogen) atoms. The van der Waals surface area contributed by atoms with Crippen molar-refractivity contribution in [3.8, 4) is 11.5 Å². The van der Waals surface area contributed by atoms with E-state index in [4.69, 9.17) is 0 Å². The summed E-state index contributed by atoms with van der Waals surface area (Å²) in [5.41, 5.74) is 0.710. The molecule has 2 aromatic carbocycles. The van der Waals surface area contributed by atoms with E-state index >= 15 is 0 Å². The second-order valence-electron chi connectivity index (χ2n) is 5.50. The second kappa shape index (κ2) is 6.72. The lowest BCUT2D eigenvalue weighted by atomic mass is 9.92. The van der Waals surface area contributed by atoms with Gasteiger partial charge in [0.15, 0.2) is 0 Å². The standard InChI is InChI=1S/C16H19O6P/c1-10(11-5-7-12(17)8-6-11)9-14(19)16-13(18)3-2-4-15(16)23(20,21)22/h2-8,10,14,17-19H,9H2,1H3,(H2,20,21,22). The lowest BCUT2D eigenvalue weighted by Crippen LogP contribution is -2.16. The first-order chi connectivity index (χ1) is 10.7. The number of aliphatic hydroxyl groups is 1. The van der Waals surface area contributed by atoms with Crippen LogP contribution < -0.4 is 5.30 Å². The highest BCUT2D eigenvalue weighted by molar-refractivity contribution is 7.60. The highest BCUT2D eigenvalue weighted by Crippen LogP contribution is 2.41. The normalized spacial score (nSPS) is 14.4. The molecule has 0 aromatic heterocycles. The number of phenols is 2. The van der Waals surface area contributed by atoms with E-state index < -0.39 is 13.7 Å². The molecule has 0 bridgehead atoms. The minimum atomic E-state index is -4.61. The predicted molar refractivity (Wildman–Crippen MR) is 85.9 cm³/mol. The van der Waals surface area contributed by atoms with Gasteiger partial charge in [-0.2, -0.15) is 0 Å². The van der Waals surface area contributed by atoms with Gasteiger partial charge in [-0.3, -0.25) is 4.57 Å². The molecule has 0 aliphatic heterocycles. The number of hydrogen-bond acceptors (Lipinski definition) is 4. The Kier molecular flexibility index (Phi) is 5.12. The maximum atomic E-state index is 11.5. The molecular weight excluding hydrogens is 319 g/mol. The van der Waals surface area contributed by atoms with Crippen LogP contribution in [0.4, 0.5) is 0 Å². The number of benzene rings is 2. The van der Waals surface area contributed by atoms with Gasteiger partial charge in [-0.15, -0.1) is 0 Å². The second-order valence-corrected chi connectivity index (χ2v) is 7.07. The summed E-state index contributed by atoms with van der Waals surface area (Å²) in [7, 11) is -4.61. The van der Waals surface area contributed by atoms with Gasteiger partial charge < -0.3 is 25.1 Å². The first kappa shape index (κ1) is 17.5. The van der Waals surface area contributed by atoms with E-state index in [0.717, 1.165) is 5.56 Å².